The van der Waals surface area contributed by atoms with Crippen LogP contribution in [0.5, 0.6) is 0 Å². The summed E-state index contributed by atoms with van der Waals surface area (Å²) in [7, 11) is 1.81. The minimum absolute atomic E-state index is 0.165. The van der Waals surface area contributed by atoms with Crippen molar-refractivity contribution < 1.29 is 9.18 Å². The van der Waals surface area contributed by atoms with Crippen LogP contribution >= 0.6 is 11.6 Å². The van der Waals surface area contributed by atoms with E-state index in [0.717, 1.165) is 31.4 Å². The summed E-state index contributed by atoms with van der Waals surface area (Å²) in [6, 6.07) is 5.66. The largest absolute Gasteiger partial charge is 0.330 e. The highest BCUT2D eigenvalue weighted by Crippen LogP contribution is 2.34. The van der Waals surface area contributed by atoms with Gasteiger partial charge in [0.2, 0.25) is 0 Å². The topological polar surface area (TPSA) is 38.1 Å². The molecule has 2 aromatic rings. The Bertz CT molecular complexity index is 716. The van der Waals surface area contributed by atoms with Gasteiger partial charge in [-0.05, 0) is 31.0 Å². The summed E-state index contributed by atoms with van der Waals surface area (Å²) in [4.78, 5) is 14.7. The van der Waals surface area contributed by atoms with Crippen molar-refractivity contribution in [2.45, 2.75) is 31.7 Å². The van der Waals surface area contributed by atoms with Gasteiger partial charge in [0.15, 0.2) is 0 Å². The average molecular weight is 336 g/mol. The second-order valence-corrected chi connectivity index (χ2v) is 6.32. The van der Waals surface area contributed by atoms with E-state index < -0.39 is 5.82 Å². The zero-order valence-electron chi connectivity index (χ0n) is 13.0. The van der Waals surface area contributed by atoms with Gasteiger partial charge in [-0.3, -0.25) is 9.48 Å². The molecule has 1 aliphatic rings. The molecule has 1 atom stereocenters. The van der Waals surface area contributed by atoms with Crippen molar-refractivity contribution in [3.05, 3.63) is 52.6 Å². The van der Waals surface area contributed by atoms with Gasteiger partial charge in [0.1, 0.15) is 11.5 Å². The number of aryl methyl sites for hydroxylation is 1. The van der Waals surface area contributed by atoms with Gasteiger partial charge < -0.3 is 4.90 Å². The molecule has 0 bridgehead atoms. The van der Waals surface area contributed by atoms with Crippen LogP contribution in [0.3, 0.4) is 0 Å². The molecule has 1 aromatic carbocycles. The molecule has 122 valence electrons. The minimum atomic E-state index is -0.405. The zero-order valence-corrected chi connectivity index (χ0v) is 13.8. The smallest absolute Gasteiger partial charge is 0.254 e. The predicted octanol–water partition coefficient (Wildman–Crippen LogP) is 3.97. The van der Waals surface area contributed by atoms with Gasteiger partial charge in [-0.15, -0.1) is 0 Å². The third-order valence-corrected chi connectivity index (χ3v) is 4.50. The number of amides is 1. The molecule has 4 nitrogen and oxygen atoms in total. The van der Waals surface area contributed by atoms with Crippen LogP contribution in [0.1, 0.15) is 47.8 Å². The van der Waals surface area contributed by atoms with Gasteiger partial charge in [-0.1, -0.05) is 30.5 Å². The summed E-state index contributed by atoms with van der Waals surface area (Å²) in [6.45, 7) is 0.632. The molecule has 1 saturated heterocycles. The first-order valence-corrected chi connectivity index (χ1v) is 8.19. The Kier molecular flexibility index (Phi) is 4.66. The van der Waals surface area contributed by atoms with Gasteiger partial charge in [-0.2, -0.15) is 5.10 Å². The van der Waals surface area contributed by atoms with Crippen LogP contribution in [-0.4, -0.2) is 27.1 Å². The Morgan fingerprint density at radius 3 is 2.87 bits per heavy atom. The van der Waals surface area contributed by atoms with Crippen LogP contribution in [0.25, 0.3) is 0 Å². The molecule has 1 unspecified atom stereocenters. The van der Waals surface area contributed by atoms with E-state index in [1.165, 1.54) is 12.1 Å². The normalized spacial score (nSPS) is 18.7. The number of carbonyl (C=O) groups is 1. The summed E-state index contributed by atoms with van der Waals surface area (Å²) in [5.74, 6) is -0.573. The van der Waals surface area contributed by atoms with Gasteiger partial charge in [0.25, 0.3) is 5.91 Å². The van der Waals surface area contributed by atoms with Crippen molar-refractivity contribution in [3.8, 4) is 0 Å². The molecule has 0 N–H and O–H groups in total. The van der Waals surface area contributed by atoms with E-state index in [0.29, 0.717) is 17.1 Å². The third-order valence-electron chi connectivity index (χ3n) is 4.21. The van der Waals surface area contributed by atoms with E-state index in [1.807, 2.05) is 7.05 Å². The maximum Gasteiger partial charge on any atom is 0.254 e. The molecule has 6 heteroatoms. The van der Waals surface area contributed by atoms with Gasteiger partial charge in [0.05, 0.1) is 11.1 Å². The van der Waals surface area contributed by atoms with Crippen molar-refractivity contribution >= 4 is 17.5 Å². The standard InChI is InChI=1S/C17H19ClFN3O/c1-21-11-14(18)16(20-21)15-8-3-2-4-9-22(15)17(23)12-6-5-7-13(19)10-12/h5-7,10-11,15H,2-4,8-9H2,1H3. The second kappa shape index (κ2) is 6.71. The number of hydrogen-bond acceptors (Lipinski definition) is 2. The lowest BCUT2D eigenvalue weighted by Crippen LogP contribution is -2.35. The number of hydrogen-bond donors (Lipinski definition) is 0. The van der Waals surface area contributed by atoms with Crippen LogP contribution < -0.4 is 0 Å². The fourth-order valence-corrected chi connectivity index (χ4v) is 3.43. The van der Waals surface area contributed by atoms with Crippen LogP contribution in [-0.2, 0) is 7.05 Å². The minimum Gasteiger partial charge on any atom is -0.330 e. The van der Waals surface area contributed by atoms with Crippen molar-refractivity contribution in [2.24, 2.45) is 7.05 Å². The highest BCUT2D eigenvalue weighted by Gasteiger charge is 2.30. The number of rotatable bonds is 2. The van der Waals surface area contributed by atoms with Gasteiger partial charge >= 0.3 is 0 Å². The zero-order chi connectivity index (χ0) is 16.4. The Morgan fingerprint density at radius 1 is 1.35 bits per heavy atom. The Morgan fingerprint density at radius 2 is 2.17 bits per heavy atom. The highest BCUT2D eigenvalue weighted by atomic mass is 35.5. The quantitative estimate of drug-likeness (QED) is 0.832. The van der Waals surface area contributed by atoms with E-state index in [9.17, 15) is 9.18 Å². The van der Waals surface area contributed by atoms with E-state index in [1.54, 1.807) is 27.9 Å². The van der Waals surface area contributed by atoms with Gasteiger partial charge in [-0.25, -0.2) is 4.39 Å². The molecule has 0 aliphatic carbocycles. The Hall–Kier alpha value is -1.88. The molecule has 0 spiro atoms. The second-order valence-electron chi connectivity index (χ2n) is 5.91. The fourth-order valence-electron chi connectivity index (χ4n) is 3.13. The predicted molar refractivity (Wildman–Crippen MR) is 86.9 cm³/mol. The van der Waals surface area contributed by atoms with E-state index in [4.69, 9.17) is 11.6 Å². The molecule has 1 aliphatic heterocycles. The summed E-state index contributed by atoms with van der Waals surface area (Å²) in [5.41, 5.74) is 1.09. The van der Waals surface area contributed by atoms with E-state index >= 15 is 0 Å². The van der Waals surface area contributed by atoms with Crippen LogP contribution in [0.4, 0.5) is 4.39 Å². The third kappa shape index (κ3) is 3.39. The van der Waals surface area contributed by atoms with Crippen molar-refractivity contribution in [1.29, 1.82) is 0 Å². The maximum absolute atomic E-state index is 13.5. The molecular formula is C17H19ClFN3O. The number of benzene rings is 1. The molecule has 1 amide bonds. The van der Waals surface area contributed by atoms with Crippen molar-refractivity contribution in [1.82, 2.24) is 14.7 Å². The Labute approximate surface area is 139 Å². The molecule has 1 fully saturated rings. The van der Waals surface area contributed by atoms with Gasteiger partial charge in [0, 0.05) is 25.4 Å². The van der Waals surface area contributed by atoms with Crippen LogP contribution in [0, 0.1) is 5.82 Å². The van der Waals surface area contributed by atoms with Crippen molar-refractivity contribution in [3.63, 3.8) is 0 Å². The molecular weight excluding hydrogens is 317 g/mol. The summed E-state index contributed by atoms with van der Waals surface area (Å²) < 4.78 is 15.1. The summed E-state index contributed by atoms with van der Waals surface area (Å²) in [6.07, 6.45) is 5.57. The molecule has 1 aromatic heterocycles. The first kappa shape index (κ1) is 16.0. The maximum atomic E-state index is 13.5. The number of nitrogens with zero attached hydrogens (tertiary/aromatic N) is 3. The number of halogens is 2. The highest BCUT2D eigenvalue weighted by molar-refractivity contribution is 6.31. The lowest BCUT2D eigenvalue weighted by atomic mass is 10.1. The molecule has 2 heterocycles. The summed E-state index contributed by atoms with van der Waals surface area (Å²) >= 11 is 6.29. The van der Waals surface area contributed by atoms with E-state index in [-0.39, 0.29) is 11.9 Å². The van der Waals surface area contributed by atoms with Crippen LogP contribution in [0.15, 0.2) is 30.5 Å². The lowest BCUT2D eigenvalue weighted by molar-refractivity contribution is 0.0676. The SMILES string of the molecule is Cn1cc(Cl)c(C2CCCCCN2C(=O)c2cccc(F)c2)n1. The fraction of sp³-hybridized carbons (Fsp3) is 0.412. The number of carbonyl (C=O) groups excluding carboxylic acids is 1. The number of aromatic nitrogens is 2. The lowest BCUT2D eigenvalue weighted by Gasteiger charge is -2.29. The number of likely N-dealkylation sites (tertiary alicyclic amines) is 1. The first-order valence-electron chi connectivity index (χ1n) is 7.82. The van der Waals surface area contributed by atoms with Crippen molar-refractivity contribution in [2.75, 3.05) is 6.54 Å². The first-order chi connectivity index (χ1) is 11.1. The molecule has 0 radical (unpaired) electrons. The van der Waals surface area contributed by atoms with Crippen LogP contribution in [0.2, 0.25) is 5.02 Å². The molecule has 3 rings (SSSR count). The average Bonchev–Trinajstić information content (AvgIpc) is 2.74. The molecule has 0 saturated carbocycles. The Balaban J connectivity index is 1.95. The molecule has 23 heavy (non-hydrogen) atoms. The summed E-state index contributed by atoms with van der Waals surface area (Å²) in [5, 5.41) is 5.00. The van der Waals surface area contributed by atoms with E-state index in [2.05, 4.69) is 5.10 Å². The monoisotopic (exact) mass is 335 g/mol.